The van der Waals surface area contributed by atoms with E-state index in [9.17, 15) is 13.2 Å². The first-order valence-corrected chi connectivity index (χ1v) is 8.08. The summed E-state index contributed by atoms with van der Waals surface area (Å²) in [5.74, 6) is 0.428. The van der Waals surface area contributed by atoms with Gasteiger partial charge in [0.15, 0.2) is 5.96 Å². The molecule has 10 heteroatoms. The van der Waals surface area contributed by atoms with E-state index in [-0.39, 0.29) is 42.2 Å². The summed E-state index contributed by atoms with van der Waals surface area (Å²) in [4.78, 5) is 11.0. The number of halogens is 4. The van der Waals surface area contributed by atoms with Crippen molar-refractivity contribution in [1.82, 2.24) is 25.2 Å². The number of nitrogens with one attached hydrogen (secondary N) is 3. The predicted molar refractivity (Wildman–Crippen MR) is 109 cm³/mol. The van der Waals surface area contributed by atoms with Crippen molar-refractivity contribution in [3.8, 4) is 0 Å². The van der Waals surface area contributed by atoms with Crippen molar-refractivity contribution in [3.05, 3.63) is 54.0 Å². The van der Waals surface area contributed by atoms with Gasteiger partial charge in [0, 0.05) is 43.1 Å². The van der Waals surface area contributed by atoms with E-state index in [1.54, 1.807) is 13.1 Å². The Labute approximate surface area is 171 Å². The highest BCUT2D eigenvalue weighted by Crippen LogP contribution is 2.19. The molecule has 0 fully saturated rings. The molecule has 3 N–H and O–H groups in total. The number of H-pyrrole nitrogens is 1. The number of imidazole rings is 1. The zero-order valence-corrected chi connectivity index (χ0v) is 16.9. The zero-order chi connectivity index (χ0) is 18.5. The van der Waals surface area contributed by atoms with Crippen LogP contribution in [0.3, 0.4) is 0 Å². The van der Waals surface area contributed by atoms with Crippen LogP contribution in [0.2, 0.25) is 0 Å². The minimum atomic E-state index is -2.63. The van der Waals surface area contributed by atoms with Crippen LogP contribution in [0.5, 0.6) is 0 Å². The molecule has 0 atom stereocenters. The normalized spacial score (nSPS) is 11.7. The standard InChI is InChI=1S/C17H19F3N6.HI/c1-21-17(25-10-15-22-6-7-26(15)16(19)20)23-5-4-11-9-24-14-8-12(18)2-3-13(11)14;/h2-3,6-9,16,24H,4-5,10H2,1H3,(H2,21,23,25);1H. The monoisotopic (exact) mass is 492 g/mol. The maximum Gasteiger partial charge on any atom is 0.319 e. The van der Waals surface area contributed by atoms with Crippen molar-refractivity contribution < 1.29 is 13.2 Å². The van der Waals surface area contributed by atoms with Crippen LogP contribution in [0.15, 0.2) is 41.8 Å². The lowest BCUT2D eigenvalue weighted by molar-refractivity contribution is 0.0668. The molecule has 2 aromatic heterocycles. The van der Waals surface area contributed by atoms with E-state index in [0.717, 1.165) is 21.0 Å². The van der Waals surface area contributed by atoms with Crippen LogP contribution in [-0.2, 0) is 13.0 Å². The lowest BCUT2D eigenvalue weighted by Gasteiger charge is -2.12. The number of fused-ring (bicyclic) bond motifs is 1. The highest BCUT2D eigenvalue weighted by molar-refractivity contribution is 14.0. The van der Waals surface area contributed by atoms with Gasteiger partial charge in [-0.3, -0.25) is 9.56 Å². The van der Waals surface area contributed by atoms with Crippen LogP contribution in [-0.4, -0.2) is 34.1 Å². The number of hydrogen-bond donors (Lipinski definition) is 3. The quantitative estimate of drug-likeness (QED) is 0.281. The summed E-state index contributed by atoms with van der Waals surface area (Å²) in [5, 5.41) is 7.05. The number of aromatic amines is 1. The van der Waals surface area contributed by atoms with Crippen molar-refractivity contribution in [2.45, 2.75) is 19.5 Å². The molecular weight excluding hydrogens is 472 g/mol. The maximum atomic E-state index is 13.2. The van der Waals surface area contributed by atoms with E-state index < -0.39 is 6.55 Å². The largest absolute Gasteiger partial charge is 0.361 e. The molecule has 0 amide bonds. The number of alkyl halides is 2. The van der Waals surface area contributed by atoms with E-state index in [2.05, 4.69) is 25.6 Å². The van der Waals surface area contributed by atoms with Crippen molar-refractivity contribution in [3.63, 3.8) is 0 Å². The second-order valence-corrected chi connectivity index (χ2v) is 5.63. The third kappa shape index (κ3) is 5.15. The summed E-state index contributed by atoms with van der Waals surface area (Å²) in [6, 6.07) is 4.63. The van der Waals surface area contributed by atoms with Crippen LogP contribution in [0.4, 0.5) is 13.2 Å². The third-order valence-corrected chi connectivity index (χ3v) is 4.01. The summed E-state index contributed by atoms with van der Waals surface area (Å²) in [6.45, 7) is -1.92. The Balaban J connectivity index is 0.00000261. The van der Waals surface area contributed by atoms with Crippen LogP contribution in [0, 0.1) is 5.82 Å². The van der Waals surface area contributed by atoms with Crippen LogP contribution in [0.1, 0.15) is 17.9 Å². The van der Waals surface area contributed by atoms with Gasteiger partial charge < -0.3 is 15.6 Å². The molecule has 0 aliphatic carbocycles. The summed E-state index contributed by atoms with van der Waals surface area (Å²) >= 11 is 0. The number of nitrogens with zero attached hydrogens (tertiary/aromatic N) is 3. The Morgan fingerprint density at radius 3 is 2.89 bits per heavy atom. The molecule has 6 nitrogen and oxygen atoms in total. The van der Waals surface area contributed by atoms with Gasteiger partial charge in [0.1, 0.15) is 11.6 Å². The van der Waals surface area contributed by atoms with Crippen LogP contribution in [0.25, 0.3) is 10.9 Å². The van der Waals surface area contributed by atoms with E-state index in [1.165, 1.54) is 24.5 Å². The molecule has 0 aliphatic rings. The van der Waals surface area contributed by atoms with Gasteiger partial charge in [0.25, 0.3) is 0 Å². The Hall–Kier alpha value is -2.24. The molecule has 0 aliphatic heterocycles. The fraction of sp³-hybridized carbons (Fsp3) is 0.294. The highest BCUT2D eigenvalue weighted by Gasteiger charge is 2.11. The molecule has 0 saturated heterocycles. The molecule has 0 bridgehead atoms. The minimum absolute atomic E-state index is 0. The molecule has 0 spiro atoms. The van der Waals surface area contributed by atoms with Gasteiger partial charge in [-0.25, -0.2) is 9.37 Å². The van der Waals surface area contributed by atoms with E-state index in [1.807, 2.05) is 6.20 Å². The first-order chi connectivity index (χ1) is 12.6. The van der Waals surface area contributed by atoms with E-state index in [0.29, 0.717) is 18.9 Å². The minimum Gasteiger partial charge on any atom is -0.361 e. The van der Waals surface area contributed by atoms with Crippen molar-refractivity contribution in [2.24, 2.45) is 4.99 Å². The van der Waals surface area contributed by atoms with Gasteiger partial charge in [0.2, 0.25) is 0 Å². The summed E-state index contributed by atoms with van der Waals surface area (Å²) < 4.78 is 39.6. The van der Waals surface area contributed by atoms with Gasteiger partial charge in [-0.2, -0.15) is 8.78 Å². The molecule has 0 saturated carbocycles. The number of hydrogen-bond acceptors (Lipinski definition) is 2. The second-order valence-electron chi connectivity index (χ2n) is 5.63. The Kier molecular flexibility index (Phi) is 7.51. The molecule has 2 heterocycles. The average Bonchev–Trinajstić information content (AvgIpc) is 3.24. The lowest BCUT2D eigenvalue weighted by Crippen LogP contribution is -2.38. The Morgan fingerprint density at radius 1 is 1.33 bits per heavy atom. The second kappa shape index (κ2) is 9.62. The number of guanidine groups is 1. The Morgan fingerprint density at radius 2 is 2.15 bits per heavy atom. The smallest absolute Gasteiger partial charge is 0.319 e. The van der Waals surface area contributed by atoms with Crippen molar-refractivity contribution >= 4 is 40.8 Å². The average molecular weight is 492 g/mol. The molecule has 0 unspecified atom stereocenters. The summed E-state index contributed by atoms with van der Waals surface area (Å²) in [7, 11) is 1.60. The topological polar surface area (TPSA) is 70.0 Å². The zero-order valence-electron chi connectivity index (χ0n) is 14.5. The van der Waals surface area contributed by atoms with Gasteiger partial charge in [-0.1, -0.05) is 0 Å². The van der Waals surface area contributed by atoms with Crippen molar-refractivity contribution in [1.29, 1.82) is 0 Å². The molecular formula is C17H20F3IN6. The number of aliphatic imine (C=N–C) groups is 1. The van der Waals surface area contributed by atoms with Gasteiger partial charge in [-0.05, 0) is 30.2 Å². The fourth-order valence-corrected chi connectivity index (χ4v) is 2.72. The number of rotatable bonds is 6. The van der Waals surface area contributed by atoms with E-state index in [4.69, 9.17) is 0 Å². The lowest BCUT2D eigenvalue weighted by atomic mass is 10.1. The SMILES string of the molecule is CN=C(NCCc1c[nH]c2cc(F)ccc12)NCc1nccn1C(F)F.I. The molecule has 3 rings (SSSR count). The molecule has 1 aromatic carbocycles. The molecule has 0 radical (unpaired) electrons. The first-order valence-electron chi connectivity index (χ1n) is 8.08. The van der Waals surface area contributed by atoms with Gasteiger partial charge in [0.05, 0.1) is 6.54 Å². The molecule has 3 aromatic rings. The third-order valence-electron chi connectivity index (χ3n) is 4.01. The Bertz CT molecular complexity index is 905. The molecule has 27 heavy (non-hydrogen) atoms. The van der Waals surface area contributed by atoms with Crippen molar-refractivity contribution in [2.75, 3.05) is 13.6 Å². The van der Waals surface area contributed by atoms with Gasteiger partial charge >= 0.3 is 6.55 Å². The predicted octanol–water partition coefficient (Wildman–Crippen LogP) is 3.42. The first kappa shape index (κ1) is 21.1. The number of aromatic nitrogens is 3. The maximum absolute atomic E-state index is 13.2. The van der Waals surface area contributed by atoms with Gasteiger partial charge in [-0.15, -0.1) is 24.0 Å². The number of benzene rings is 1. The van der Waals surface area contributed by atoms with Crippen LogP contribution < -0.4 is 10.6 Å². The molecule has 146 valence electrons. The fourth-order valence-electron chi connectivity index (χ4n) is 2.72. The summed E-state index contributed by atoms with van der Waals surface area (Å²) in [6.07, 6.45) is 5.11. The van der Waals surface area contributed by atoms with Crippen LogP contribution >= 0.6 is 24.0 Å². The summed E-state index contributed by atoms with van der Waals surface area (Å²) in [5.41, 5.74) is 1.80. The van der Waals surface area contributed by atoms with E-state index >= 15 is 0 Å². The highest BCUT2D eigenvalue weighted by atomic mass is 127.